The highest BCUT2D eigenvalue weighted by molar-refractivity contribution is 5.62. The lowest BCUT2D eigenvalue weighted by Gasteiger charge is -2.42. The van der Waals surface area contributed by atoms with E-state index in [0.29, 0.717) is 25.4 Å². The van der Waals surface area contributed by atoms with Crippen molar-refractivity contribution >= 4 is 11.4 Å². The van der Waals surface area contributed by atoms with E-state index in [-0.39, 0.29) is 11.2 Å². The van der Waals surface area contributed by atoms with E-state index >= 15 is 0 Å². The minimum Gasteiger partial charge on any atom is -0.378 e. The molecule has 1 aliphatic heterocycles. The van der Waals surface area contributed by atoms with Crippen LogP contribution in [0.15, 0.2) is 18.2 Å². The Morgan fingerprint density at radius 2 is 2.30 bits per heavy atom. The summed E-state index contributed by atoms with van der Waals surface area (Å²) in [6.07, 6.45) is 0. The zero-order chi connectivity index (χ0) is 14.8. The topological polar surface area (TPSA) is 93.7 Å². The van der Waals surface area contributed by atoms with Crippen LogP contribution in [0.4, 0.5) is 11.4 Å². The van der Waals surface area contributed by atoms with Gasteiger partial charge in [-0.3, -0.25) is 20.9 Å². The van der Waals surface area contributed by atoms with Gasteiger partial charge >= 0.3 is 0 Å². The average molecular weight is 280 g/mol. The number of hydrogen-bond donors (Lipinski definition) is 2. The Kier molecular flexibility index (Phi) is 4.22. The second kappa shape index (κ2) is 5.74. The molecule has 7 nitrogen and oxygen atoms in total. The summed E-state index contributed by atoms with van der Waals surface area (Å²) < 4.78 is 5.48. The number of anilines is 1. The largest absolute Gasteiger partial charge is 0.378 e. The minimum atomic E-state index is -0.447. The standard InChI is InChI=1S/C13H20N4O3/c1-13(2)9-20-6-5-16(13)8-10-3-4-12(17(18)19)11(7-10)15-14/h3-4,7,15H,5-6,8-9,14H2,1-2H3. The van der Waals surface area contributed by atoms with Crippen molar-refractivity contribution in [1.29, 1.82) is 0 Å². The molecule has 0 radical (unpaired) electrons. The van der Waals surface area contributed by atoms with Crippen molar-refractivity contribution in [3.05, 3.63) is 33.9 Å². The number of morpholine rings is 1. The van der Waals surface area contributed by atoms with E-state index in [1.165, 1.54) is 6.07 Å². The summed E-state index contributed by atoms with van der Waals surface area (Å²) in [7, 11) is 0. The Balaban J connectivity index is 2.19. The van der Waals surface area contributed by atoms with E-state index in [9.17, 15) is 10.1 Å². The van der Waals surface area contributed by atoms with Crippen LogP contribution in [-0.4, -0.2) is 35.1 Å². The Bertz CT molecular complexity index is 504. The summed E-state index contributed by atoms with van der Waals surface area (Å²) in [5, 5.41) is 10.9. The molecule has 7 heteroatoms. The van der Waals surface area contributed by atoms with Crippen molar-refractivity contribution < 1.29 is 9.66 Å². The van der Waals surface area contributed by atoms with Crippen LogP contribution in [0.5, 0.6) is 0 Å². The quantitative estimate of drug-likeness (QED) is 0.493. The molecule has 2 rings (SSSR count). The summed E-state index contributed by atoms with van der Waals surface area (Å²) in [4.78, 5) is 12.7. The average Bonchev–Trinajstić information content (AvgIpc) is 2.40. The Labute approximate surface area is 117 Å². The summed E-state index contributed by atoms with van der Waals surface area (Å²) in [6.45, 7) is 7.19. The van der Waals surface area contributed by atoms with E-state index in [1.54, 1.807) is 12.1 Å². The third-order valence-corrected chi connectivity index (χ3v) is 3.60. The first-order chi connectivity index (χ1) is 9.44. The number of nitro groups is 1. The Morgan fingerprint density at radius 1 is 1.55 bits per heavy atom. The second-order valence-corrected chi connectivity index (χ2v) is 5.54. The van der Waals surface area contributed by atoms with Gasteiger partial charge in [-0.05, 0) is 25.5 Å². The Hall–Kier alpha value is -1.70. The first kappa shape index (κ1) is 14.7. The first-order valence-corrected chi connectivity index (χ1v) is 6.51. The molecule has 110 valence electrons. The maximum absolute atomic E-state index is 10.9. The van der Waals surface area contributed by atoms with Crippen molar-refractivity contribution in [1.82, 2.24) is 4.90 Å². The molecule has 3 N–H and O–H groups in total. The highest BCUT2D eigenvalue weighted by atomic mass is 16.6. The SMILES string of the molecule is CC1(C)COCCN1Cc1ccc([N+](=O)[O-])c(NN)c1. The number of hydrazine groups is 1. The number of nitrogens with one attached hydrogen (secondary N) is 1. The van der Waals surface area contributed by atoms with Crippen LogP contribution in [-0.2, 0) is 11.3 Å². The summed E-state index contributed by atoms with van der Waals surface area (Å²) in [6, 6.07) is 4.98. The number of nitrogen functional groups attached to an aromatic ring is 1. The molecule has 1 heterocycles. The van der Waals surface area contributed by atoms with Gasteiger partial charge in [-0.25, -0.2) is 0 Å². The molecule has 20 heavy (non-hydrogen) atoms. The van der Waals surface area contributed by atoms with Crippen LogP contribution in [0, 0.1) is 10.1 Å². The lowest BCUT2D eigenvalue weighted by Crippen LogP contribution is -2.52. The number of nitro benzene ring substituents is 1. The van der Waals surface area contributed by atoms with Gasteiger partial charge < -0.3 is 10.2 Å². The molecule has 0 unspecified atom stereocenters. The molecule has 1 aromatic carbocycles. The molecule has 1 saturated heterocycles. The number of nitrogens with two attached hydrogens (primary N) is 1. The molecule has 0 atom stereocenters. The van der Waals surface area contributed by atoms with Gasteiger partial charge in [-0.15, -0.1) is 0 Å². The van der Waals surface area contributed by atoms with Gasteiger partial charge in [0, 0.05) is 24.7 Å². The number of nitrogens with zero attached hydrogens (tertiary/aromatic N) is 2. The van der Waals surface area contributed by atoms with Crippen LogP contribution in [0.25, 0.3) is 0 Å². The number of ether oxygens (including phenoxy) is 1. The molecule has 1 aliphatic rings. The maximum atomic E-state index is 10.9. The second-order valence-electron chi connectivity index (χ2n) is 5.54. The van der Waals surface area contributed by atoms with E-state index < -0.39 is 4.92 Å². The Morgan fingerprint density at radius 3 is 2.90 bits per heavy atom. The lowest BCUT2D eigenvalue weighted by atomic mass is 10.0. The van der Waals surface area contributed by atoms with Crippen LogP contribution < -0.4 is 11.3 Å². The van der Waals surface area contributed by atoms with Crippen LogP contribution in [0.3, 0.4) is 0 Å². The predicted octanol–water partition coefficient (Wildman–Crippen LogP) is 1.49. The van der Waals surface area contributed by atoms with Gasteiger partial charge in [0.25, 0.3) is 5.69 Å². The molecule has 0 spiro atoms. The van der Waals surface area contributed by atoms with Crippen LogP contribution in [0.1, 0.15) is 19.4 Å². The van der Waals surface area contributed by atoms with Crippen LogP contribution >= 0.6 is 0 Å². The van der Waals surface area contributed by atoms with Crippen molar-refractivity contribution in [3.8, 4) is 0 Å². The fraction of sp³-hybridized carbons (Fsp3) is 0.538. The van der Waals surface area contributed by atoms with E-state index in [0.717, 1.165) is 12.1 Å². The fourth-order valence-corrected chi connectivity index (χ4v) is 2.36. The zero-order valence-electron chi connectivity index (χ0n) is 11.8. The molecular weight excluding hydrogens is 260 g/mol. The van der Waals surface area contributed by atoms with Gasteiger partial charge in [0.2, 0.25) is 0 Å². The van der Waals surface area contributed by atoms with Gasteiger partial charge in [-0.2, -0.15) is 0 Å². The molecule has 1 aromatic rings. The molecule has 0 amide bonds. The summed E-state index contributed by atoms with van der Waals surface area (Å²) in [5.74, 6) is 5.36. The number of hydrogen-bond acceptors (Lipinski definition) is 6. The van der Waals surface area contributed by atoms with Gasteiger partial charge in [0.1, 0.15) is 5.69 Å². The van der Waals surface area contributed by atoms with Crippen molar-refractivity contribution in [2.45, 2.75) is 25.9 Å². The van der Waals surface area contributed by atoms with Gasteiger partial charge in [0.15, 0.2) is 0 Å². The zero-order valence-corrected chi connectivity index (χ0v) is 11.8. The third kappa shape index (κ3) is 3.06. The highest BCUT2D eigenvalue weighted by Crippen LogP contribution is 2.27. The molecular formula is C13H20N4O3. The van der Waals surface area contributed by atoms with Crippen LogP contribution in [0.2, 0.25) is 0 Å². The number of benzene rings is 1. The van der Waals surface area contributed by atoms with Gasteiger partial charge in [0.05, 0.1) is 18.1 Å². The highest BCUT2D eigenvalue weighted by Gasteiger charge is 2.30. The first-order valence-electron chi connectivity index (χ1n) is 6.51. The molecule has 0 aliphatic carbocycles. The number of rotatable bonds is 4. The smallest absolute Gasteiger partial charge is 0.293 e. The van der Waals surface area contributed by atoms with E-state index in [2.05, 4.69) is 24.2 Å². The maximum Gasteiger partial charge on any atom is 0.293 e. The molecule has 0 saturated carbocycles. The molecule has 0 bridgehead atoms. The predicted molar refractivity (Wildman–Crippen MR) is 76.2 cm³/mol. The van der Waals surface area contributed by atoms with E-state index in [4.69, 9.17) is 10.6 Å². The minimum absolute atomic E-state index is 0.0162. The van der Waals surface area contributed by atoms with Gasteiger partial charge in [-0.1, -0.05) is 6.07 Å². The van der Waals surface area contributed by atoms with Crippen molar-refractivity contribution in [3.63, 3.8) is 0 Å². The monoisotopic (exact) mass is 280 g/mol. The summed E-state index contributed by atoms with van der Waals surface area (Å²) >= 11 is 0. The molecule has 0 aromatic heterocycles. The van der Waals surface area contributed by atoms with Crippen molar-refractivity contribution in [2.24, 2.45) is 5.84 Å². The normalized spacial score (nSPS) is 18.8. The third-order valence-electron chi connectivity index (χ3n) is 3.60. The van der Waals surface area contributed by atoms with Crippen molar-refractivity contribution in [2.75, 3.05) is 25.2 Å². The lowest BCUT2D eigenvalue weighted by molar-refractivity contribution is -0.384. The molecule has 1 fully saturated rings. The fourth-order valence-electron chi connectivity index (χ4n) is 2.36. The summed E-state index contributed by atoms with van der Waals surface area (Å²) in [5.41, 5.74) is 3.65. The van der Waals surface area contributed by atoms with E-state index in [1.807, 2.05) is 0 Å².